The molecule has 0 bridgehead atoms. The first kappa shape index (κ1) is 20.9. The minimum Gasteiger partial charge on any atom is -0.465 e. The van der Waals surface area contributed by atoms with Crippen LogP contribution in [0.25, 0.3) is 0 Å². The van der Waals surface area contributed by atoms with Crippen LogP contribution in [0.2, 0.25) is 0 Å². The molecule has 8 heteroatoms. The van der Waals surface area contributed by atoms with Crippen molar-refractivity contribution in [3.63, 3.8) is 0 Å². The van der Waals surface area contributed by atoms with Gasteiger partial charge in [-0.3, -0.25) is 4.79 Å². The molecule has 28 heavy (non-hydrogen) atoms. The highest BCUT2D eigenvalue weighted by Crippen LogP contribution is 2.23. The lowest BCUT2D eigenvalue weighted by Crippen LogP contribution is -2.29. The molecule has 2 rings (SSSR count). The maximum Gasteiger partial charge on any atom is 0.413 e. The molecule has 0 aliphatic carbocycles. The van der Waals surface area contributed by atoms with Crippen LogP contribution >= 0.6 is 0 Å². The molecule has 8 nitrogen and oxygen atoms in total. The van der Waals surface area contributed by atoms with Gasteiger partial charge in [0, 0.05) is 12.2 Å². The van der Waals surface area contributed by atoms with Gasteiger partial charge in [0.1, 0.15) is 5.56 Å². The number of benzene rings is 1. The monoisotopic (exact) mass is 385 g/mol. The highest BCUT2D eigenvalue weighted by molar-refractivity contribution is 6.09. The van der Waals surface area contributed by atoms with Crippen LogP contribution in [-0.2, 0) is 4.74 Å². The Labute approximate surface area is 163 Å². The SMILES string of the molecule is CCCNC(=O)Oc1nc(C)ccc1C(=O)Nc1cccc(C)c1C(=O)OC. The van der Waals surface area contributed by atoms with E-state index in [2.05, 4.69) is 15.6 Å². The van der Waals surface area contributed by atoms with Gasteiger partial charge in [0.25, 0.3) is 5.91 Å². The molecule has 0 aliphatic rings. The maximum absolute atomic E-state index is 12.8. The van der Waals surface area contributed by atoms with E-state index in [1.54, 1.807) is 38.1 Å². The molecule has 0 fully saturated rings. The fraction of sp³-hybridized carbons (Fsp3) is 0.300. The summed E-state index contributed by atoms with van der Waals surface area (Å²) in [5.41, 5.74) is 1.85. The highest BCUT2D eigenvalue weighted by atomic mass is 16.6. The van der Waals surface area contributed by atoms with E-state index < -0.39 is 18.0 Å². The molecular weight excluding hydrogens is 362 g/mol. The first-order valence-electron chi connectivity index (χ1n) is 8.80. The number of anilines is 1. The second-order valence-electron chi connectivity index (χ2n) is 6.06. The summed E-state index contributed by atoms with van der Waals surface area (Å²) in [5, 5.41) is 5.23. The number of esters is 1. The number of carbonyl (C=O) groups excluding carboxylic acids is 3. The van der Waals surface area contributed by atoms with Crippen molar-refractivity contribution in [2.45, 2.75) is 27.2 Å². The third-order valence-electron chi connectivity index (χ3n) is 3.86. The Kier molecular flexibility index (Phi) is 7.08. The summed E-state index contributed by atoms with van der Waals surface area (Å²) in [6.45, 7) is 5.80. The molecular formula is C20H23N3O5. The minimum absolute atomic E-state index is 0.0644. The summed E-state index contributed by atoms with van der Waals surface area (Å²) in [4.78, 5) is 40.9. The van der Waals surface area contributed by atoms with Crippen molar-refractivity contribution < 1.29 is 23.9 Å². The molecule has 2 N–H and O–H groups in total. The summed E-state index contributed by atoms with van der Waals surface area (Å²) >= 11 is 0. The van der Waals surface area contributed by atoms with E-state index in [-0.39, 0.29) is 17.0 Å². The molecule has 0 unspecified atom stereocenters. The van der Waals surface area contributed by atoms with Crippen molar-refractivity contribution in [1.29, 1.82) is 0 Å². The van der Waals surface area contributed by atoms with Crippen molar-refractivity contribution in [2.75, 3.05) is 19.0 Å². The lowest BCUT2D eigenvalue weighted by molar-refractivity contribution is 0.0601. The second-order valence-corrected chi connectivity index (χ2v) is 6.06. The molecule has 0 aliphatic heterocycles. The van der Waals surface area contributed by atoms with Crippen LogP contribution in [0, 0.1) is 13.8 Å². The van der Waals surface area contributed by atoms with Gasteiger partial charge in [-0.05, 0) is 44.0 Å². The number of aromatic nitrogens is 1. The number of aryl methyl sites for hydroxylation is 2. The predicted molar refractivity (Wildman–Crippen MR) is 104 cm³/mol. The lowest BCUT2D eigenvalue weighted by atomic mass is 10.1. The summed E-state index contributed by atoms with van der Waals surface area (Å²) in [6.07, 6.45) is 0.0488. The second kappa shape index (κ2) is 9.50. The van der Waals surface area contributed by atoms with Crippen LogP contribution in [0.4, 0.5) is 10.5 Å². The van der Waals surface area contributed by atoms with Crippen LogP contribution in [0.3, 0.4) is 0 Å². The number of methoxy groups -OCH3 is 1. The summed E-state index contributed by atoms with van der Waals surface area (Å²) in [7, 11) is 1.27. The Morgan fingerprint density at radius 3 is 2.54 bits per heavy atom. The normalized spacial score (nSPS) is 10.1. The van der Waals surface area contributed by atoms with E-state index in [4.69, 9.17) is 9.47 Å². The van der Waals surface area contributed by atoms with E-state index in [1.807, 2.05) is 6.92 Å². The largest absolute Gasteiger partial charge is 0.465 e. The number of rotatable bonds is 6. The van der Waals surface area contributed by atoms with Crippen molar-refractivity contribution in [3.05, 3.63) is 52.7 Å². The van der Waals surface area contributed by atoms with E-state index in [9.17, 15) is 14.4 Å². The molecule has 0 radical (unpaired) electrons. The van der Waals surface area contributed by atoms with Crippen molar-refractivity contribution >= 4 is 23.7 Å². The van der Waals surface area contributed by atoms with Crippen LogP contribution in [0.15, 0.2) is 30.3 Å². The van der Waals surface area contributed by atoms with Crippen LogP contribution < -0.4 is 15.4 Å². The van der Waals surface area contributed by atoms with Crippen LogP contribution in [0.5, 0.6) is 5.88 Å². The topological polar surface area (TPSA) is 107 Å². The minimum atomic E-state index is -0.695. The molecule has 0 atom stereocenters. The van der Waals surface area contributed by atoms with E-state index in [0.717, 1.165) is 6.42 Å². The third kappa shape index (κ3) is 5.06. The van der Waals surface area contributed by atoms with Gasteiger partial charge >= 0.3 is 12.1 Å². The number of nitrogens with zero attached hydrogens (tertiary/aromatic N) is 1. The lowest BCUT2D eigenvalue weighted by Gasteiger charge is -2.14. The van der Waals surface area contributed by atoms with Gasteiger partial charge in [0.2, 0.25) is 5.88 Å². The Bertz CT molecular complexity index is 895. The molecule has 0 saturated carbocycles. The number of pyridine rings is 1. The molecule has 0 saturated heterocycles. The predicted octanol–water partition coefficient (Wildman–Crippen LogP) is 3.24. The van der Waals surface area contributed by atoms with Gasteiger partial charge in [-0.25, -0.2) is 14.6 Å². The van der Waals surface area contributed by atoms with Gasteiger partial charge < -0.3 is 20.1 Å². The molecule has 1 heterocycles. The zero-order valence-corrected chi connectivity index (χ0v) is 16.3. The number of amides is 2. The van der Waals surface area contributed by atoms with E-state index in [0.29, 0.717) is 23.5 Å². The number of ether oxygens (including phenoxy) is 2. The number of nitrogens with one attached hydrogen (secondary N) is 2. The average molecular weight is 385 g/mol. The van der Waals surface area contributed by atoms with Gasteiger partial charge in [0.05, 0.1) is 18.4 Å². The first-order valence-corrected chi connectivity index (χ1v) is 8.80. The fourth-order valence-corrected chi connectivity index (χ4v) is 2.47. The van der Waals surface area contributed by atoms with Gasteiger partial charge in [-0.15, -0.1) is 0 Å². The van der Waals surface area contributed by atoms with Gasteiger partial charge in [-0.2, -0.15) is 0 Å². The highest BCUT2D eigenvalue weighted by Gasteiger charge is 2.21. The molecule has 0 spiro atoms. The van der Waals surface area contributed by atoms with Crippen molar-refractivity contribution in [2.24, 2.45) is 0 Å². The number of hydrogen-bond acceptors (Lipinski definition) is 6. The Hall–Kier alpha value is -3.42. The van der Waals surface area contributed by atoms with E-state index >= 15 is 0 Å². The average Bonchev–Trinajstić information content (AvgIpc) is 2.66. The zero-order valence-electron chi connectivity index (χ0n) is 16.3. The zero-order chi connectivity index (χ0) is 20.7. The van der Waals surface area contributed by atoms with Crippen molar-refractivity contribution in [3.8, 4) is 5.88 Å². The van der Waals surface area contributed by atoms with Crippen LogP contribution in [-0.4, -0.2) is 36.6 Å². The quantitative estimate of drug-likeness (QED) is 0.740. The fourth-order valence-electron chi connectivity index (χ4n) is 2.47. The van der Waals surface area contributed by atoms with E-state index in [1.165, 1.54) is 13.2 Å². The van der Waals surface area contributed by atoms with Crippen LogP contribution in [0.1, 0.15) is 45.3 Å². The molecule has 148 valence electrons. The molecule has 2 amide bonds. The smallest absolute Gasteiger partial charge is 0.413 e. The molecule has 1 aromatic carbocycles. The molecule has 2 aromatic rings. The summed E-state index contributed by atoms with van der Waals surface area (Å²) in [6, 6.07) is 8.17. The van der Waals surface area contributed by atoms with Gasteiger partial charge in [0.15, 0.2) is 0 Å². The summed E-state index contributed by atoms with van der Waals surface area (Å²) < 4.78 is 9.99. The Morgan fingerprint density at radius 2 is 1.86 bits per heavy atom. The summed E-state index contributed by atoms with van der Waals surface area (Å²) in [5.74, 6) is -1.24. The standard InChI is InChI=1S/C20H23N3O5/c1-5-11-21-20(26)28-18-14(10-9-13(3)22-18)17(24)23-15-8-6-7-12(2)16(15)19(25)27-4/h6-10H,5,11H2,1-4H3,(H,21,26)(H,23,24). The maximum atomic E-state index is 12.8. The number of carbonyl (C=O) groups is 3. The number of hydrogen-bond donors (Lipinski definition) is 2. The van der Waals surface area contributed by atoms with Crippen molar-refractivity contribution in [1.82, 2.24) is 10.3 Å². The third-order valence-corrected chi connectivity index (χ3v) is 3.86. The van der Waals surface area contributed by atoms with Gasteiger partial charge in [-0.1, -0.05) is 19.1 Å². The first-order chi connectivity index (χ1) is 13.4. The Morgan fingerprint density at radius 1 is 1.11 bits per heavy atom. The Balaban J connectivity index is 2.32. The molecule has 1 aromatic heterocycles.